The largest absolute Gasteiger partial charge is 0.416 e. The second kappa shape index (κ2) is 5.81. The van der Waals surface area contributed by atoms with Crippen molar-refractivity contribution in [2.45, 2.75) is 19.6 Å². The Hall–Kier alpha value is -2.25. The van der Waals surface area contributed by atoms with Crippen molar-refractivity contribution in [3.63, 3.8) is 0 Å². The van der Waals surface area contributed by atoms with Crippen molar-refractivity contribution in [2.75, 3.05) is 17.2 Å². The standard InChI is InChI=1S/C12H13F3N4O/c1-2-16-10-5-8(12(13,14)15)6-11(18-10)17-7-9-3-4-20-19-9/h3-6H,2,7H2,1H3,(H2,16,17,18). The average molecular weight is 286 g/mol. The average Bonchev–Trinajstić information content (AvgIpc) is 2.88. The minimum absolute atomic E-state index is 0.124. The van der Waals surface area contributed by atoms with Gasteiger partial charge in [-0.25, -0.2) is 4.98 Å². The maximum absolute atomic E-state index is 12.8. The lowest BCUT2D eigenvalue weighted by molar-refractivity contribution is -0.137. The lowest BCUT2D eigenvalue weighted by atomic mass is 10.2. The van der Waals surface area contributed by atoms with E-state index in [9.17, 15) is 13.2 Å². The zero-order chi connectivity index (χ0) is 14.6. The first kappa shape index (κ1) is 14.2. The van der Waals surface area contributed by atoms with E-state index in [1.165, 1.54) is 6.26 Å². The maximum Gasteiger partial charge on any atom is 0.416 e. The van der Waals surface area contributed by atoms with E-state index in [2.05, 4.69) is 25.3 Å². The summed E-state index contributed by atoms with van der Waals surface area (Å²) in [6.07, 6.45) is -3.03. The molecule has 0 unspecified atom stereocenters. The maximum atomic E-state index is 12.8. The predicted molar refractivity (Wildman–Crippen MR) is 67.2 cm³/mol. The number of hydrogen-bond donors (Lipinski definition) is 2. The normalized spacial score (nSPS) is 11.4. The number of nitrogens with zero attached hydrogens (tertiary/aromatic N) is 2. The fourth-order valence-electron chi connectivity index (χ4n) is 1.57. The van der Waals surface area contributed by atoms with Crippen molar-refractivity contribution in [1.29, 1.82) is 0 Å². The van der Waals surface area contributed by atoms with Crippen molar-refractivity contribution in [2.24, 2.45) is 0 Å². The summed E-state index contributed by atoms with van der Waals surface area (Å²) in [4.78, 5) is 4.06. The quantitative estimate of drug-likeness (QED) is 0.884. The topological polar surface area (TPSA) is 63.0 Å². The van der Waals surface area contributed by atoms with E-state index in [1.807, 2.05) is 0 Å². The van der Waals surface area contributed by atoms with Crippen molar-refractivity contribution < 1.29 is 17.7 Å². The second-order valence-corrected chi connectivity index (χ2v) is 4.00. The molecule has 2 heterocycles. The molecule has 0 aliphatic rings. The van der Waals surface area contributed by atoms with Crippen molar-refractivity contribution in [3.05, 3.63) is 35.7 Å². The minimum Gasteiger partial charge on any atom is -0.370 e. The summed E-state index contributed by atoms with van der Waals surface area (Å²) in [5.41, 5.74) is -0.180. The molecule has 0 aliphatic heterocycles. The Bertz CT molecular complexity index is 554. The smallest absolute Gasteiger partial charge is 0.370 e. The SMILES string of the molecule is CCNc1cc(C(F)(F)F)cc(NCc2ccon2)n1. The molecular formula is C12H13F3N4O. The van der Waals surface area contributed by atoms with Crippen LogP contribution in [0.1, 0.15) is 18.2 Å². The molecule has 0 radical (unpaired) electrons. The van der Waals surface area contributed by atoms with Gasteiger partial charge >= 0.3 is 6.18 Å². The lowest BCUT2D eigenvalue weighted by Gasteiger charge is -2.12. The van der Waals surface area contributed by atoms with Gasteiger partial charge in [0.25, 0.3) is 0 Å². The Labute approximate surface area is 113 Å². The van der Waals surface area contributed by atoms with Crippen LogP contribution in [0.2, 0.25) is 0 Å². The summed E-state index contributed by atoms with van der Waals surface area (Å²) in [5, 5.41) is 9.21. The van der Waals surface area contributed by atoms with Crippen LogP contribution in [-0.4, -0.2) is 16.7 Å². The highest BCUT2D eigenvalue weighted by Crippen LogP contribution is 2.32. The molecule has 108 valence electrons. The van der Waals surface area contributed by atoms with E-state index in [4.69, 9.17) is 0 Å². The monoisotopic (exact) mass is 286 g/mol. The van der Waals surface area contributed by atoms with Gasteiger partial charge in [0.2, 0.25) is 0 Å². The van der Waals surface area contributed by atoms with Gasteiger partial charge in [-0.2, -0.15) is 13.2 Å². The van der Waals surface area contributed by atoms with Crippen LogP contribution in [0.15, 0.2) is 29.0 Å². The van der Waals surface area contributed by atoms with Gasteiger partial charge in [0, 0.05) is 12.6 Å². The van der Waals surface area contributed by atoms with E-state index < -0.39 is 11.7 Å². The van der Waals surface area contributed by atoms with Crippen LogP contribution < -0.4 is 10.6 Å². The number of hydrogen-bond acceptors (Lipinski definition) is 5. The number of halogens is 3. The van der Waals surface area contributed by atoms with Crippen LogP contribution in [-0.2, 0) is 12.7 Å². The summed E-state index contributed by atoms with van der Waals surface area (Å²) in [7, 11) is 0. The van der Waals surface area contributed by atoms with Gasteiger partial charge in [0.1, 0.15) is 23.6 Å². The van der Waals surface area contributed by atoms with Crippen LogP contribution in [0.3, 0.4) is 0 Å². The lowest BCUT2D eigenvalue weighted by Crippen LogP contribution is -2.11. The number of rotatable bonds is 5. The highest BCUT2D eigenvalue weighted by Gasteiger charge is 2.31. The molecular weight excluding hydrogens is 273 g/mol. The number of aromatic nitrogens is 2. The van der Waals surface area contributed by atoms with Gasteiger partial charge in [-0.15, -0.1) is 0 Å². The highest BCUT2D eigenvalue weighted by atomic mass is 19.4. The first-order valence-corrected chi connectivity index (χ1v) is 5.95. The van der Waals surface area contributed by atoms with Crippen molar-refractivity contribution in [1.82, 2.24) is 10.1 Å². The molecule has 0 atom stereocenters. The van der Waals surface area contributed by atoms with Crippen LogP contribution in [0.25, 0.3) is 0 Å². The molecule has 0 fully saturated rings. The molecule has 2 aromatic rings. The zero-order valence-corrected chi connectivity index (χ0v) is 10.7. The first-order chi connectivity index (χ1) is 9.49. The first-order valence-electron chi connectivity index (χ1n) is 5.95. The number of nitrogens with one attached hydrogen (secondary N) is 2. The Morgan fingerprint density at radius 2 is 1.90 bits per heavy atom. The second-order valence-electron chi connectivity index (χ2n) is 4.00. The molecule has 2 aromatic heterocycles. The summed E-state index contributed by atoms with van der Waals surface area (Å²) in [6, 6.07) is 3.55. The van der Waals surface area contributed by atoms with Crippen molar-refractivity contribution >= 4 is 11.6 Å². The molecule has 0 amide bonds. The van der Waals surface area contributed by atoms with Gasteiger partial charge in [0.15, 0.2) is 0 Å². The predicted octanol–water partition coefficient (Wildman–Crippen LogP) is 3.13. The van der Waals surface area contributed by atoms with E-state index in [-0.39, 0.29) is 18.2 Å². The van der Waals surface area contributed by atoms with Gasteiger partial charge in [-0.05, 0) is 19.1 Å². The van der Waals surface area contributed by atoms with Crippen LogP contribution in [0.5, 0.6) is 0 Å². The highest BCUT2D eigenvalue weighted by molar-refractivity contribution is 5.49. The summed E-state index contributed by atoms with van der Waals surface area (Å²) in [5.74, 6) is 0.295. The number of alkyl halides is 3. The Balaban J connectivity index is 2.20. The Kier molecular flexibility index (Phi) is 4.11. The third kappa shape index (κ3) is 3.62. The van der Waals surface area contributed by atoms with Gasteiger partial charge in [-0.3, -0.25) is 0 Å². The van der Waals surface area contributed by atoms with E-state index in [0.717, 1.165) is 12.1 Å². The van der Waals surface area contributed by atoms with E-state index in [1.54, 1.807) is 13.0 Å². The number of pyridine rings is 1. The fraction of sp³-hybridized carbons (Fsp3) is 0.333. The summed E-state index contributed by atoms with van der Waals surface area (Å²) >= 11 is 0. The molecule has 2 N–H and O–H groups in total. The molecule has 0 bridgehead atoms. The molecule has 0 saturated heterocycles. The molecule has 2 rings (SSSR count). The van der Waals surface area contributed by atoms with Crippen LogP contribution in [0, 0.1) is 0 Å². The molecule has 0 aliphatic carbocycles. The summed E-state index contributed by atoms with van der Waals surface area (Å²) < 4.78 is 43.0. The molecule has 5 nitrogen and oxygen atoms in total. The van der Waals surface area contributed by atoms with E-state index in [0.29, 0.717) is 12.2 Å². The van der Waals surface area contributed by atoms with Crippen LogP contribution >= 0.6 is 0 Å². The van der Waals surface area contributed by atoms with E-state index >= 15 is 0 Å². The van der Waals surface area contributed by atoms with Gasteiger partial charge < -0.3 is 15.2 Å². The zero-order valence-electron chi connectivity index (χ0n) is 10.7. The molecule has 0 spiro atoms. The third-order valence-corrected chi connectivity index (χ3v) is 2.45. The minimum atomic E-state index is -4.42. The summed E-state index contributed by atoms with van der Waals surface area (Å²) in [6.45, 7) is 2.50. The fourth-order valence-corrected chi connectivity index (χ4v) is 1.57. The molecule has 0 aromatic carbocycles. The number of anilines is 2. The Morgan fingerprint density at radius 3 is 2.45 bits per heavy atom. The molecule has 0 saturated carbocycles. The van der Waals surface area contributed by atoms with Crippen molar-refractivity contribution in [3.8, 4) is 0 Å². The molecule has 20 heavy (non-hydrogen) atoms. The van der Waals surface area contributed by atoms with Crippen LogP contribution in [0.4, 0.5) is 24.8 Å². The molecule has 8 heteroatoms. The van der Waals surface area contributed by atoms with Gasteiger partial charge in [0.05, 0.1) is 12.1 Å². The van der Waals surface area contributed by atoms with Gasteiger partial charge in [-0.1, -0.05) is 5.16 Å². The third-order valence-electron chi connectivity index (χ3n) is 2.45. The Morgan fingerprint density at radius 1 is 1.20 bits per heavy atom.